The van der Waals surface area contributed by atoms with Gasteiger partial charge in [0.2, 0.25) is 0 Å². The highest BCUT2D eigenvalue weighted by molar-refractivity contribution is 7.91. The van der Waals surface area contributed by atoms with Gasteiger partial charge in [0.15, 0.2) is 9.84 Å². The summed E-state index contributed by atoms with van der Waals surface area (Å²) in [6.45, 7) is 2.10. The SMILES string of the molecule is C[C@H](CCc1cccc(F)c1)N(C)[C@H]1CCS(=O)(=O)C1. The van der Waals surface area contributed by atoms with Gasteiger partial charge in [0.25, 0.3) is 0 Å². The lowest BCUT2D eigenvalue weighted by Gasteiger charge is -2.29. The summed E-state index contributed by atoms with van der Waals surface area (Å²) in [5.74, 6) is 0.372. The van der Waals surface area contributed by atoms with Crippen molar-refractivity contribution < 1.29 is 12.8 Å². The van der Waals surface area contributed by atoms with Crippen molar-refractivity contribution in [1.82, 2.24) is 4.90 Å². The van der Waals surface area contributed by atoms with E-state index in [4.69, 9.17) is 0 Å². The predicted octanol–water partition coefficient (Wildman–Crippen LogP) is 2.27. The van der Waals surface area contributed by atoms with E-state index in [0.717, 1.165) is 24.8 Å². The molecule has 0 N–H and O–H groups in total. The number of halogens is 1. The normalized spacial score (nSPS) is 23.1. The van der Waals surface area contributed by atoms with Crippen LogP contribution < -0.4 is 0 Å². The van der Waals surface area contributed by atoms with Crippen molar-refractivity contribution in [3.8, 4) is 0 Å². The molecule has 3 nitrogen and oxygen atoms in total. The highest BCUT2D eigenvalue weighted by Gasteiger charge is 2.32. The van der Waals surface area contributed by atoms with Gasteiger partial charge in [0.1, 0.15) is 5.82 Å². The van der Waals surface area contributed by atoms with E-state index in [1.165, 1.54) is 6.07 Å². The van der Waals surface area contributed by atoms with Crippen molar-refractivity contribution in [1.29, 1.82) is 0 Å². The van der Waals surface area contributed by atoms with Gasteiger partial charge in [-0.3, -0.25) is 4.90 Å². The molecule has 2 atom stereocenters. The Kier molecular flexibility index (Phi) is 4.81. The number of nitrogens with zero attached hydrogens (tertiary/aromatic N) is 1. The number of benzene rings is 1. The topological polar surface area (TPSA) is 37.4 Å². The van der Waals surface area contributed by atoms with Gasteiger partial charge in [-0.05, 0) is 50.9 Å². The molecule has 1 fully saturated rings. The summed E-state index contributed by atoms with van der Waals surface area (Å²) >= 11 is 0. The Bertz CT molecular complexity index is 559. The molecular formula is C15H22FNO2S. The van der Waals surface area contributed by atoms with E-state index in [1.807, 2.05) is 13.1 Å². The summed E-state index contributed by atoms with van der Waals surface area (Å²) in [5.41, 5.74) is 0.990. The van der Waals surface area contributed by atoms with Gasteiger partial charge in [0.05, 0.1) is 11.5 Å². The zero-order valence-electron chi connectivity index (χ0n) is 12.0. The fourth-order valence-corrected chi connectivity index (χ4v) is 4.51. The van der Waals surface area contributed by atoms with Crippen LogP contribution in [-0.2, 0) is 16.3 Å². The fourth-order valence-electron chi connectivity index (χ4n) is 2.73. The average molecular weight is 299 g/mol. The Hall–Kier alpha value is -0.940. The second-order valence-electron chi connectivity index (χ2n) is 5.74. The third-order valence-corrected chi connectivity index (χ3v) is 5.97. The van der Waals surface area contributed by atoms with Crippen LogP contribution in [0.2, 0.25) is 0 Å². The lowest BCUT2D eigenvalue weighted by atomic mass is 10.0. The Morgan fingerprint density at radius 3 is 2.80 bits per heavy atom. The molecule has 112 valence electrons. The van der Waals surface area contributed by atoms with Gasteiger partial charge < -0.3 is 0 Å². The largest absolute Gasteiger partial charge is 0.300 e. The maximum atomic E-state index is 13.1. The molecule has 2 rings (SSSR count). The second kappa shape index (κ2) is 6.22. The molecule has 0 unspecified atom stereocenters. The van der Waals surface area contributed by atoms with Gasteiger partial charge >= 0.3 is 0 Å². The highest BCUT2D eigenvalue weighted by atomic mass is 32.2. The molecule has 0 bridgehead atoms. The van der Waals surface area contributed by atoms with Gasteiger partial charge in [-0.25, -0.2) is 12.8 Å². The first-order valence-corrected chi connectivity index (χ1v) is 8.86. The van der Waals surface area contributed by atoms with Crippen molar-refractivity contribution in [2.45, 2.75) is 38.3 Å². The van der Waals surface area contributed by atoms with Crippen molar-refractivity contribution in [3.05, 3.63) is 35.6 Å². The minimum atomic E-state index is -2.84. The maximum absolute atomic E-state index is 13.1. The summed E-state index contributed by atoms with van der Waals surface area (Å²) < 4.78 is 36.1. The molecule has 1 aliphatic rings. The minimum absolute atomic E-state index is 0.127. The molecule has 20 heavy (non-hydrogen) atoms. The van der Waals surface area contributed by atoms with Crippen molar-refractivity contribution in [2.75, 3.05) is 18.6 Å². The zero-order chi connectivity index (χ0) is 14.8. The monoisotopic (exact) mass is 299 g/mol. The van der Waals surface area contributed by atoms with Crippen LogP contribution in [0.4, 0.5) is 4.39 Å². The van der Waals surface area contributed by atoms with Crippen LogP contribution in [-0.4, -0.2) is 44.0 Å². The molecule has 5 heteroatoms. The maximum Gasteiger partial charge on any atom is 0.151 e. The average Bonchev–Trinajstić information content (AvgIpc) is 2.75. The van der Waals surface area contributed by atoms with Crippen molar-refractivity contribution in [2.24, 2.45) is 0 Å². The molecule has 1 heterocycles. The Morgan fingerprint density at radius 1 is 1.45 bits per heavy atom. The van der Waals surface area contributed by atoms with E-state index in [9.17, 15) is 12.8 Å². The molecule has 0 amide bonds. The zero-order valence-corrected chi connectivity index (χ0v) is 12.9. The lowest BCUT2D eigenvalue weighted by Crippen LogP contribution is -2.39. The molecule has 0 spiro atoms. The minimum Gasteiger partial charge on any atom is -0.300 e. The summed E-state index contributed by atoms with van der Waals surface area (Å²) in [6.07, 6.45) is 2.43. The molecule has 1 aromatic carbocycles. The molecule has 0 aromatic heterocycles. The Labute approximate surface area is 120 Å². The quantitative estimate of drug-likeness (QED) is 0.837. The molecule has 1 aromatic rings. The van der Waals surface area contributed by atoms with Crippen LogP contribution in [0.5, 0.6) is 0 Å². The number of rotatable bonds is 5. The summed E-state index contributed by atoms with van der Waals surface area (Å²) in [6, 6.07) is 7.08. The molecule has 1 aliphatic heterocycles. The van der Waals surface area contributed by atoms with Crippen LogP contribution in [0.3, 0.4) is 0 Å². The van der Waals surface area contributed by atoms with Gasteiger partial charge in [0, 0.05) is 12.1 Å². The van der Waals surface area contributed by atoms with Crippen molar-refractivity contribution in [3.63, 3.8) is 0 Å². The van der Waals surface area contributed by atoms with E-state index in [1.54, 1.807) is 12.1 Å². The first-order valence-electron chi connectivity index (χ1n) is 7.04. The van der Waals surface area contributed by atoms with Gasteiger partial charge in [-0.1, -0.05) is 12.1 Å². The predicted molar refractivity (Wildman–Crippen MR) is 79.0 cm³/mol. The lowest BCUT2D eigenvalue weighted by molar-refractivity contribution is 0.191. The van der Waals surface area contributed by atoms with E-state index < -0.39 is 9.84 Å². The highest BCUT2D eigenvalue weighted by Crippen LogP contribution is 2.20. The molecule has 1 saturated heterocycles. The van der Waals surface area contributed by atoms with Gasteiger partial charge in [-0.15, -0.1) is 0 Å². The molecule has 0 aliphatic carbocycles. The molecule has 0 saturated carbocycles. The smallest absolute Gasteiger partial charge is 0.151 e. The van der Waals surface area contributed by atoms with Crippen LogP contribution >= 0.6 is 0 Å². The number of hydrogen-bond donors (Lipinski definition) is 0. The van der Waals surface area contributed by atoms with E-state index in [2.05, 4.69) is 11.8 Å². The Balaban J connectivity index is 1.87. The summed E-state index contributed by atoms with van der Waals surface area (Å²) in [7, 11) is -0.850. The van der Waals surface area contributed by atoms with E-state index in [-0.39, 0.29) is 23.7 Å². The van der Waals surface area contributed by atoms with Crippen LogP contribution in [0.25, 0.3) is 0 Å². The molecular weight excluding hydrogens is 277 g/mol. The third-order valence-electron chi connectivity index (χ3n) is 4.22. The fraction of sp³-hybridized carbons (Fsp3) is 0.600. The number of sulfone groups is 1. The van der Waals surface area contributed by atoms with E-state index in [0.29, 0.717) is 5.75 Å². The van der Waals surface area contributed by atoms with Crippen molar-refractivity contribution >= 4 is 9.84 Å². The van der Waals surface area contributed by atoms with Crippen LogP contribution in [0.15, 0.2) is 24.3 Å². The first-order chi connectivity index (χ1) is 9.37. The summed E-state index contributed by atoms with van der Waals surface area (Å²) in [4.78, 5) is 2.16. The second-order valence-corrected chi connectivity index (χ2v) is 7.97. The Morgan fingerprint density at radius 2 is 2.20 bits per heavy atom. The van der Waals surface area contributed by atoms with E-state index >= 15 is 0 Å². The molecule has 0 radical (unpaired) electrons. The van der Waals surface area contributed by atoms with Crippen LogP contribution in [0.1, 0.15) is 25.3 Å². The van der Waals surface area contributed by atoms with Gasteiger partial charge in [-0.2, -0.15) is 0 Å². The van der Waals surface area contributed by atoms with Crippen LogP contribution in [0, 0.1) is 5.82 Å². The standard InChI is InChI=1S/C15H22FNO2S/c1-12(6-7-13-4-3-5-14(16)10-13)17(2)15-8-9-20(18,19)11-15/h3-5,10,12,15H,6-9,11H2,1-2H3/t12-,15+/m1/s1. The number of hydrogen-bond acceptors (Lipinski definition) is 3. The summed E-state index contributed by atoms with van der Waals surface area (Å²) in [5, 5.41) is 0. The third kappa shape index (κ3) is 4.03. The first kappa shape index (κ1) is 15.4. The number of aryl methyl sites for hydroxylation is 1.